The zero-order valence-electron chi connectivity index (χ0n) is 7.91. The van der Waals surface area contributed by atoms with Crippen molar-refractivity contribution >= 4 is 0 Å². The van der Waals surface area contributed by atoms with Crippen LogP contribution in [-0.4, -0.2) is 39.3 Å². The van der Waals surface area contributed by atoms with E-state index in [1.807, 2.05) is 7.05 Å². The molecule has 3 N–H and O–H groups in total. The maximum atomic E-state index is 3.39. The lowest BCUT2D eigenvalue weighted by atomic mass is 10.3. The van der Waals surface area contributed by atoms with Crippen LogP contribution in [0.2, 0.25) is 0 Å². The van der Waals surface area contributed by atoms with Gasteiger partial charge >= 0.3 is 0 Å². The molecule has 0 aliphatic carbocycles. The molecular formula is C8H21N3. The van der Waals surface area contributed by atoms with E-state index >= 15 is 0 Å². The fourth-order valence-corrected chi connectivity index (χ4v) is 0.877. The first kappa shape index (κ1) is 10.9. The minimum Gasteiger partial charge on any atom is -0.318 e. The summed E-state index contributed by atoms with van der Waals surface area (Å²) in [4.78, 5) is 0. The van der Waals surface area contributed by atoms with E-state index in [-0.39, 0.29) is 0 Å². The fraction of sp³-hybridized carbons (Fsp3) is 1.00. The van der Waals surface area contributed by atoms with Gasteiger partial charge in [-0.3, -0.25) is 0 Å². The molecule has 0 saturated carbocycles. The predicted octanol–water partition coefficient (Wildman–Crippen LogP) is -0.207. The van der Waals surface area contributed by atoms with Crippen molar-refractivity contribution in [2.45, 2.75) is 19.9 Å². The Labute approximate surface area is 69.9 Å². The van der Waals surface area contributed by atoms with Gasteiger partial charge in [-0.05, 0) is 20.5 Å². The van der Waals surface area contributed by atoms with E-state index in [2.05, 4.69) is 29.8 Å². The summed E-state index contributed by atoms with van der Waals surface area (Å²) in [6, 6.07) is 0.572. The molecule has 0 heterocycles. The van der Waals surface area contributed by atoms with Gasteiger partial charge in [-0.25, -0.2) is 0 Å². The molecule has 0 rings (SSSR count). The third-order valence-corrected chi connectivity index (χ3v) is 1.57. The SMILES string of the molecule is CCNCC(C)NCCNC. The van der Waals surface area contributed by atoms with E-state index in [1.54, 1.807) is 0 Å². The van der Waals surface area contributed by atoms with Crippen molar-refractivity contribution in [1.82, 2.24) is 16.0 Å². The van der Waals surface area contributed by atoms with E-state index in [9.17, 15) is 0 Å². The zero-order chi connectivity index (χ0) is 8.53. The Bertz CT molecular complexity index is 75.7. The normalized spacial score (nSPS) is 13.4. The molecule has 0 aliphatic rings. The van der Waals surface area contributed by atoms with Gasteiger partial charge in [-0.1, -0.05) is 6.92 Å². The van der Waals surface area contributed by atoms with Crippen molar-refractivity contribution in [1.29, 1.82) is 0 Å². The van der Waals surface area contributed by atoms with Crippen LogP contribution in [0.1, 0.15) is 13.8 Å². The van der Waals surface area contributed by atoms with Crippen molar-refractivity contribution in [3.05, 3.63) is 0 Å². The van der Waals surface area contributed by atoms with Crippen LogP contribution in [0.3, 0.4) is 0 Å². The molecule has 1 atom stereocenters. The number of hydrogen-bond donors (Lipinski definition) is 3. The minimum atomic E-state index is 0.572. The van der Waals surface area contributed by atoms with Crippen molar-refractivity contribution in [2.75, 3.05) is 33.2 Å². The third-order valence-electron chi connectivity index (χ3n) is 1.57. The van der Waals surface area contributed by atoms with Crippen LogP contribution in [-0.2, 0) is 0 Å². The molecule has 0 aromatic heterocycles. The molecule has 68 valence electrons. The number of hydrogen-bond acceptors (Lipinski definition) is 3. The van der Waals surface area contributed by atoms with Crippen LogP contribution in [0, 0.1) is 0 Å². The summed E-state index contributed by atoms with van der Waals surface area (Å²) in [5, 5.41) is 9.78. The lowest BCUT2D eigenvalue weighted by Gasteiger charge is -2.13. The van der Waals surface area contributed by atoms with Gasteiger partial charge in [-0.15, -0.1) is 0 Å². The lowest BCUT2D eigenvalue weighted by molar-refractivity contribution is 0.506. The first-order chi connectivity index (χ1) is 5.31. The lowest BCUT2D eigenvalue weighted by Crippen LogP contribution is -2.39. The van der Waals surface area contributed by atoms with E-state index in [4.69, 9.17) is 0 Å². The van der Waals surface area contributed by atoms with Crippen molar-refractivity contribution in [3.8, 4) is 0 Å². The number of nitrogens with one attached hydrogen (secondary N) is 3. The average Bonchev–Trinajstić information content (AvgIpc) is 2.01. The second-order valence-corrected chi connectivity index (χ2v) is 2.77. The Morgan fingerprint density at radius 1 is 1.27 bits per heavy atom. The summed E-state index contributed by atoms with van der Waals surface area (Å²) in [5.41, 5.74) is 0. The van der Waals surface area contributed by atoms with Crippen LogP contribution >= 0.6 is 0 Å². The molecule has 0 aliphatic heterocycles. The Hall–Kier alpha value is -0.120. The smallest absolute Gasteiger partial charge is 0.0164 e. The summed E-state index contributed by atoms with van der Waals surface area (Å²) < 4.78 is 0. The molecule has 0 saturated heterocycles. The highest BCUT2D eigenvalue weighted by molar-refractivity contribution is 4.63. The van der Waals surface area contributed by atoms with Gasteiger partial charge in [0.1, 0.15) is 0 Å². The summed E-state index contributed by atoms with van der Waals surface area (Å²) in [7, 11) is 1.97. The maximum Gasteiger partial charge on any atom is 0.0164 e. The molecule has 0 amide bonds. The second kappa shape index (κ2) is 7.98. The quantitative estimate of drug-likeness (QED) is 0.450. The van der Waals surface area contributed by atoms with Crippen LogP contribution < -0.4 is 16.0 Å². The summed E-state index contributed by atoms with van der Waals surface area (Å²) in [5.74, 6) is 0. The van der Waals surface area contributed by atoms with Crippen LogP contribution in [0.5, 0.6) is 0 Å². The van der Waals surface area contributed by atoms with Gasteiger partial charge < -0.3 is 16.0 Å². The van der Waals surface area contributed by atoms with Gasteiger partial charge in [0.25, 0.3) is 0 Å². The van der Waals surface area contributed by atoms with Crippen LogP contribution in [0.4, 0.5) is 0 Å². The molecule has 0 fully saturated rings. The Balaban J connectivity index is 3.02. The summed E-state index contributed by atoms with van der Waals surface area (Å²) >= 11 is 0. The van der Waals surface area contributed by atoms with Crippen molar-refractivity contribution in [3.63, 3.8) is 0 Å². The Morgan fingerprint density at radius 2 is 2.00 bits per heavy atom. The van der Waals surface area contributed by atoms with Crippen molar-refractivity contribution < 1.29 is 0 Å². The fourth-order valence-electron chi connectivity index (χ4n) is 0.877. The van der Waals surface area contributed by atoms with Gasteiger partial charge in [-0.2, -0.15) is 0 Å². The molecule has 11 heavy (non-hydrogen) atoms. The van der Waals surface area contributed by atoms with Gasteiger partial charge in [0, 0.05) is 25.7 Å². The first-order valence-electron chi connectivity index (χ1n) is 4.40. The summed E-state index contributed by atoms with van der Waals surface area (Å²) in [6.07, 6.45) is 0. The van der Waals surface area contributed by atoms with Gasteiger partial charge in [0.15, 0.2) is 0 Å². The molecule has 0 bridgehead atoms. The minimum absolute atomic E-state index is 0.572. The number of likely N-dealkylation sites (N-methyl/N-ethyl adjacent to an activating group) is 2. The van der Waals surface area contributed by atoms with Crippen molar-refractivity contribution in [2.24, 2.45) is 0 Å². The highest BCUT2D eigenvalue weighted by atomic mass is 15.0. The molecule has 0 spiro atoms. The largest absolute Gasteiger partial charge is 0.318 e. The second-order valence-electron chi connectivity index (χ2n) is 2.77. The van der Waals surface area contributed by atoms with Gasteiger partial charge in [0.2, 0.25) is 0 Å². The molecule has 3 heteroatoms. The maximum absolute atomic E-state index is 3.39. The topological polar surface area (TPSA) is 36.1 Å². The first-order valence-corrected chi connectivity index (χ1v) is 4.40. The Morgan fingerprint density at radius 3 is 2.55 bits per heavy atom. The van der Waals surface area contributed by atoms with Crippen LogP contribution in [0.15, 0.2) is 0 Å². The molecule has 0 aromatic carbocycles. The highest BCUT2D eigenvalue weighted by Crippen LogP contribution is 1.75. The predicted molar refractivity (Wildman–Crippen MR) is 49.9 cm³/mol. The highest BCUT2D eigenvalue weighted by Gasteiger charge is 1.96. The standard InChI is InChI=1S/C8H21N3/c1-4-10-7-8(2)11-6-5-9-3/h8-11H,4-7H2,1-3H3. The molecule has 3 nitrogen and oxygen atoms in total. The average molecular weight is 159 g/mol. The third kappa shape index (κ3) is 7.78. The molecule has 0 aromatic rings. The van der Waals surface area contributed by atoms with E-state index in [0.29, 0.717) is 6.04 Å². The van der Waals surface area contributed by atoms with E-state index in [0.717, 1.165) is 26.2 Å². The monoisotopic (exact) mass is 159 g/mol. The van der Waals surface area contributed by atoms with E-state index in [1.165, 1.54) is 0 Å². The molecule has 1 unspecified atom stereocenters. The number of rotatable bonds is 7. The zero-order valence-corrected chi connectivity index (χ0v) is 7.91. The Kier molecular flexibility index (Phi) is 7.89. The summed E-state index contributed by atoms with van der Waals surface area (Å²) in [6.45, 7) is 8.51. The molecular weight excluding hydrogens is 138 g/mol. The molecule has 0 radical (unpaired) electrons. The van der Waals surface area contributed by atoms with E-state index < -0.39 is 0 Å². The van der Waals surface area contributed by atoms with Gasteiger partial charge in [0.05, 0.1) is 0 Å². The van der Waals surface area contributed by atoms with Crippen LogP contribution in [0.25, 0.3) is 0 Å².